The van der Waals surface area contributed by atoms with Crippen LogP contribution >= 0.6 is 0 Å². The topological polar surface area (TPSA) is 58.2 Å². The van der Waals surface area contributed by atoms with Crippen molar-refractivity contribution in [1.29, 1.82) is 0 Å². The van der Waals surface area contributed by atoms with Gasteiger partial charge in [0.05, 0.1) is 12.0 Å². The summed E-state index contributed by atoms with van der Waals surface area (Å²) in [7, 11) is 0. The van der Waals surface area contributed by atoms with Crippen LogP contribution in [0.3, 0.4) is 0 Å². The van der Waals surface area contributed by atoms with Crippen molar-refractivity contribution < 1.29 is 14.0 Å². The first-order valence-corrected chi connectivity index (χ1v) is 9.16. The van der Waals surface area contributed by atoms with Gasteiger partial charge in [-0.1, -0.05) is 54.6 Å². The molecule has 140 valence electrons. The van der Waals surface area contributed by atoms with Crippen LogP contribution in [0.1, 0.15) is 42.3 Å². The maximum Gasteiger partial charge on any atom is 0.228 e. The maximum absolute atomic E-state index is 13.3. The van der Waals surface area contributed by atoms with Crippen LogP contribution in [0.25, 0.3) is 0 Å². The molecule has 1 aliphatic heterocycles. The van der Waals surface area contributed by atoms with Crippen molar-refractivity contribution >= 4 is 11.8 Å². The second-order valence-corrected chi connectivity index (χ2v) is 6.63. The molecule has 4 nitrogen and oxygen atoms in total. The molecule has 0 unspecified atom stereocenters. The highest BCUT2D eigenvalue weighted by Crippen LogP contribution is 2.24. The lowest BCUT2D eigenvalue weighted by molar-refractivity contribution is -0.128. The lowest BCUT2D eigenvalue weighted by Gasteiger charge is -2.23. The van der Waals surface area contributed by atoms with E-state index in [4.69, 9.17) is 0 Å². The Kier molecular flexibility index (Phi) is 6.36. The van der Waals surface area contributed by atoms with Crippen LogP contribution in [0.15, 0.2) is 66.7 Å². The molecule has 0 radical (unpaired) electrons. The number of hydrogen-bond acceptors (Lipinski definition) is 2. The van der Waals surface area contributed by atoms with E-state index in [1.54, 1.807) is 12.1 Å². The van der Waals surface area contributed by atoms with E-state index >= 15 is 0 Å². The van der Waals surface area contributed by atoms with Crippen molar-refractivity contribution in [3.05, 3.63) is 83.7 Å². The Hall–Kier alpha value is -2.95. The van der Waals surface area contributed by atoms with Crippen LogP contribution in [-0.4, -0.2) is 18.4 Å². The Labute approximate surface area is 158 Å². The van der Waals surface area contributed by atoms with Gasteiger partial charge in [0, 0.05) is 13.0 Å². The molecule has 0 spiro atoms. The Morgan fingerprint density at radius 1 is 0.889 bits per heavy atom. The van der Waals surface area contributed by atoms with E-state index in [1.807, 2.05) is 42.5 Å². The average Bonchev–Trinajstić information content (AvgIpc) is 2.68. The van der Waals surface area contributed by atoms with E-state index in [-0.39, 0.29) is 30.1 Å². The average molecular weight is 366 g/mol. The van der Waals surface area contributed by atoms with E-state index in [9.17, 15) is 14.0 Å². The Balaban J connectivity index is 1.89. The van der Waals surface area contributed by atoms with Gasteiger partial charge in [-0.2, -0.15) is 0 Å². The fourth-order valence-electron chi connectivity index (χ4n) is 3.20. The predicted octanol–water partition coefficient (Wildman–Crippen LogP) is 3.62. The third-order valence-corrected chi connectivity index (χ3v) is 4.67. The molecule has 0 saturated heterocycles. The molecule has 0 aliphatic carbocycles. The van der Waals surface area contributed by atoms with Gasteiger partial charge in [0.2, 0.25) is 11.8 Å². The zero-order valence-corrected chi connectivity index (χ0v) is 15.0. The molecule has 2 N–H and O–H groups in total. The third kappa shape index (κ3) is 5.26. The number of benzene rings is 2. The standard InChI is InChI=1S/C22H23FN2O2/c23-18-12-10-17(11-13-18)20-9-5-2-6-14-24-21(26)15-19(22(27)25-20)16-7-3-1-4-8-16/h1-5,7-8,10-13,19-20H,6,9,14-15H2,(H,24,26)(H,25,27)/b5-2-/t19-,20-/m1/s1. The quantitative estimate of drug-likeness (QED) is 0.798. The van der Waals surface area contributed by atoms with Gasteiger partial charge in [0.1, 0.15) is 5.82 Å². The molecular formula is C22H23FN2O2. The molecule has 2 atom stereocenters. The monoisotopic (exact) mass is 366 g/mol. The summed E-state index contributed by atoms with van der Waals surface area (Å²) in [5, 5.41) is 5.91. The number of nitrogens with one attached hydrogen (secondary N) is 2. The number of carbonyl (C=O) groups is 2. The Morgan fingerprint density at radius 2 is 1.63 bits per heavy atom. The van der Waals surface area contributed by atoms with E-state index in [1.165, 1.54) is 12.1 Å². The van der Waals surface area contributed by atoms with Crippen molar-refractivity contribution in [3.63, 3.8) is 0 Å². The van der Waals surface area contributed by atoms with Crippen molar-refractivity contribution in [3.8, 4) is 0 Å². The summed E-state index contributed by atoms with van der Waals surface area (Å²) in [6.45, 7) is 0.541. The van der Waals surface area contributed by atoms with Gasteiger partial charge in [0.15, 0.2) is 0 Å². The van der Waals surface area contributed by atoms with E-state index in [0.29, 0.717) is 13.0 Å². The number of hydrogen-bond donors (Lipinski definition) is 2. The Morgan fingerprint density at radius 3 is 2.37 bits per heavy atom. The molecule has 2 amide bonds. The molecule has 0 bridgehead atoms. The molecular weight excluding hydrogens is 343 g/mol. The highest BCUT2D eigenvalue weighted by atomic mass is 19.1. The minimum atomic E-state index is -0.572. The van der Waals surface area contributed by atoms with E-state index in [2.05, 4.69) is 10.6 Å². The molecule has 27 heavy (non-hydrogen) atoms. The van der Waals surface area contributed by atoms with Gasteiger partial charge < -0.3 is 10.6 Å². The largest absolute Gasteiger partial charge is 0.356 e. The summed E-state index contributed by atoms with van der Waals surface area (Å²) in [5.74, 6) is -1.24. The summed E-state index contributed by atoms with van der Waals surface area (Å²) >= 11 is 0. The second-order valence-electron chi connectivity index (χ2n) is 6.63. The molecule has 0 saturated carbocycles. The van der Waals surface area contributed by atoms with Gasteiger partial charge >= 0.3 is 0 Å². The molecule has 3 rings (SSSR count). The predicted molar refractivity (Wildman–Crippen MR) is 102 cm³/mol. The van der Waals surface area contributed by atoms with Crippen LogP contribution in [0, 0.1) is 5.82 Å². The van der Waals surface area contributed by atoms with Crippen molar-refractivity contribution in [2.75, 3.05) is 6.54 Å². The lowest BCUT2D eigenvalue weighted by atomic mass is 9.93. The summed E-state index contributed by atoms with van der Waals surface area (Å²) in [5.41, 5.74) is 1.64. The third-order valence-electron chi connectivity index (χ3n) is 4.67. The highest BCUT2D eigenvalue weighted by molar-refractivity contribution is 5.90. The van der Waals surface area contributed by atoms with Gasteiger partial charge in [-0.25, -0.2) is 4.39 Å². The lowest BCUT2D eigenvalue weighted by Crippen LogP contribution is -2.36. The van der Waals surface area contributed by atoms with Crippen LogP contribution < -0.4 is 10.6 Å². The first-order chi connectivity index (χ1) is 13.1. The smallest absolute Gasteiger partial charge is 0.228 e. The minimum Gasteiger partial charge on any atom is -0.356 e. The second kappa shape index (κ2) is 9.12. The van der Waals surface area contributed by atoms with Gasteiger partial charge in [-0.15, -0.1) is 0 Å². The fourth-order valence-corrected chi connectivity index (χ4v) is 3.20. The molecule has 0 fully saturated rings. The summed E-state index contributed by atoms with van der Waals surface area (Å²) in [4.78, 5) is 25.3. The normalized spacial score (nSPS) is 22.7. The first-order valence-electron chi connectivity index (χ1n) is 9.16. The van der Waals surface area contributed by atoms with Crippen molar-refractivity contribution in [2.24, 2.45) is 0 Å². The molecule has 2 aromatic carbocycles. The van der Waals surface area contributed by atoms with Gasteiger partial charge in [0.25, 0.3) is 0 Å². The van der Waals surface area contributed by atoms with Crippen LogP contribution in [0.4, 0.5) is 4.39 Å². The zero-order valence-electron chi connectivity index (χ0n) is 15.0. The first kappa shape index (κ1) is 18.8. The van der Waals surface area contributed by atoms with E-state index < -0.39 is 5.92 Å². The van der Waals surface area contributed by atoms with Crippen LogP contribution in [0.2, 0.25) is 0 Å². The highest BCUT2D eigenvalue weighted by Gasteiger charge is 2.26. The molecule has 1 aliphatic rings. The number of rotatable bonds is 2. The maximum atomic E-state index is 13.3. The molecule has 1 heterocycles. The Bertz CT molecular complexity index is 803. The zero-order chi connectivity index (χ0) is 19.1. The number of carbonyl (C=O) groups excluding carboxylic acids is 2. The minimum absolute atomic E-state index is 0.0930. The molecule has 0 aromatic heterocycles. The fraction of sp³-hybridized carbons (Fsp3) is 0.273. The number of amides is 2. The molecule has 2 aromatic rings. The number of halogens is 1. The van der Waals surface area contributed by atoms with E-state index in [0.717, 1.165) is 17.5 Å². The van der Waals surface area contributed by atoms with Crippen molar-refractivity contribution in [2.45, 2.75) is 31.2 Å². The summed E-state index contributed by atoms with van der Waals surface area (Å²) < 4.78 is 13.3. The van der Waals surface area contributed by atoms with Gasteiger partial charge in [-0.05, 0) is 36.1 Å². The van der Waals surface area contributed by atoms with Crippen LogP contribution in [-0.2, 0) is 9.59 Å². The van der Waals surface area contributed by atoms with Crippen LogP contribution in [0.5, 0.6) is 0 Å². The SMILES string of the molecule is O=C1C[C@H](c2ccccc2)C(=O)N[C@@H](c2ccc(F)cc2)C/C=C\CCN1. The van der Waals surface area contributed by atoms with Crippen molar-refractivity contribution in [1.82, 2.24) is 10.6 Å². The summed E-state index contributed by atoms with van der Waals surface area (Å²) in [6.07, 6.45) is 5.40. The van der Waals surface area contributed by atoms with Gasteiger partial charge in [-0.3, -0.25) is 9.59 Å². The molecule has 5 heteroatoms. The summed E-state index contributed by atoms with van der Waals surface area (Å²) in [6, 6.07) is 15.2.